The van der Waals surface area contributed by atoms with Crippen molar-refractivity contribution in [3.63, 3.8) is 0 Å². The predicted molar refractivity (Wildman–Crippen MR) is 38.3 cm³/mol. The van der Waals surface area contributed by atoms with E-state index in [0.717, 1.165) is 0 Å². The molecule has 4 heteroatoms. The highest BCUT2D eigenvalue weighted by Crippen LogP contribution is 2.13. The normalized spacial score (nSPS) is 12.9. The lowest BCUT2D eigenvalue weighted by molar-refractivity contribution is 0.0660. The zero-order chi connectivity index (χ0) is 8.43. The van der Waals surface area contributed by atoms with Gasteiger partial charge in [0.1, 0.15) is 5.76 Å². The monoisotopic (exact) mass is 155 g/mol. The number of carbonyl (C=O) groups is 1. The van der Waals surface area contributed by atoms with Gasteiger partial charge in [-0.25, -0.2) is 4.79 Å². The van der Waals surface area contributed by atoms with E-state index in [0.29, 0.717) is 5.76 Å². The summed E-state index contributed by atoms with van der Waals surface area (Å²) in [7, 11) is 0. The van der Waals surface area contributed by atoms with E-state index < -0.39 is 5.97 Å². The fourth-order valence-electron chi connectivity index (χ4n) is 0.712. The average Bonchev–Trinajstić information content (AvgIpc) is 2.33. The van der Waals surface area contributed by atoms with E-state index in [-0.39, 0.29) is 11.8 Å². The first-order chi connectivity index (χ1) is 5.11. The van der Waals surface area contributed by atoms with Gasteiger partial charge in [0.25, 0.3) is 0 Å². The van der Waals surface area contributed by atoms with Crippen molar-refractivity contribution in [3.05, 3.63) is 23.7 Å². The van der Waals surface area contributed by atoms with E-state index in [1.165, 1.54) is 6.07 Å². The predicted octanol–water partition coefficient (Wildman–Crippen LogP) is 0.998. The summed E-state index contributed by atoms with van der Waals surface area (Å²) >= 11 is 0. The zero-order valence-corrected chi connectivity index (χ0v) is 6.07. The molecule has 0 fully saturated rings. The Bertz CT molecular complexity index is 264. The minimum Gasteiger partial charge on any atom is -0.475 e. The molecule has 1 aromatic heterocycles. The van der Waals surface area contributed by atoms with Gasteiger partial charge in [-0.3, -0.25) is 0 Å². The molecule has 60 valence electrons. The number of carboxylic acid groups (broad SMARTS) is 1. The molecule has 4 nitrogen and oxygen atoms in total. The molecule has 1 heterocycles. The van der Waals surface area contributed by atoms with Gasteiger partial charge in [-0.1, -0.05) is 0 Å². The van der Waals surface area contributed by atoms with Crippen LogP contribution in [0.5, 0.6) is 0 Å². The number of rotatable bonds is 2. The molecule has 0 amide bonds. The number of nitrogens with two attached hydrogens (primary N) is 1. The maximum Gasteiger partial charge on any atom is 0.371 e. The third-order valence-electron chi connectivity index (χ3n) is 1.29. The van der Waals surface area contributed by atoms with Crippen LogP contribution in [0.1, 0.15) is 29.3 Å². The van der Waals surface area contributed by atoms with E-state index in [1.807, 2.05) is 0 Å². The molecule has 3 N–H and O–H groups in total. The van der Waals surface area contributed by atoms with Crippen LogP contribution in [0.25, 0.3) is 0 Å². The number of hydrogen-bond acceptors (Lipinski definition) is 3. The summed E-state index contributed by atoms with van der Waals surface area (Å²) in [4.78, 5) is 10.3. The SMILES string of the molecule is CC(N)c1ccc(C(=O)O)o1. The molecule has 1 rings (SSSR count). The molecule has 0 spiro atoms. The summed E-state index contributed by atoms with van der Waals surface area (Å²) in [6.45, 7) is 1.73. The largest absolute Gasteiger partial charge is 0.475 e. The first-order valence-electron chi connectivity index (χ1n) is 3.20. The molecule has 0 bridgehead atoms. The van der Waals surface area contributed by atoms with Crippen LogP contribution in [0.2, 0.25) is 0 Å². The lowest BCUT2D eigenvalue weighted by atomic mass is 10.3. The number of aromatic carboxylic acids is 1. The van der Waals surface area contributed by atoms with Crippen molar-refractivity contribution in [1.82, 2.24) is 0 Å². The van der Waals surface area contributed by atoms with Gasteiger partial charge in [0.2, 0.25) is 5.76 Å². The second kappa shape index (κ2) is 2.75. The number of furan rings is 1. The fourth-order valence-corrected chi connectivity index (χ4v) is 0.712. The van der Waals surface area contributed by atoms with E-state index in [2.05, 4.69) is 0 Å². The molecule has 0 saturated heterocycles. The van der Waals surface area contributed by atoms with Crippen molar-refractivity contribution < 1.29 is 14.3 Å². The molecule has 1 aromatic rings. The van der Waals surface area contributed by atoms with Crippen molar-refractivity contribution in [2.75, 3.05) is 0 Å². The van der Waals surface area contributed by atoms with Crippen molar-refractivity contribution in [3.8, 4) is 0 Å². The molecule has 1 atom stereocenters. The van der Waals surface area contributed by atoms with Crippen LogP contribution in [0.4, 0.5) is 0 Å². The first-order valence-corrected chi connectivity index (χ1v) is 3.20. The van der Waals surface area contributed by atoms with Gasteiger partial charge in [0, 0.05) is 0 Å². The van der Waals surface area contributed by atoms with Crippen LogP contribution in [-0.4, -0.2) is 11.1 Å². The molecular weight excluding hydrogens is 146 g/mol. The molecular formula is C7H9NO3. The lowest BCUT2D eigenvalue weighted by Crippen LogP contribution is -2.03. The summed E-state index contributed by atoms with van der Waals surface area (Å²) in [5.41, 5.74) is 5.44. The molecule has 0 aliphatic rings. The Hall–Kier alpha value is -1.29. The van der Waals surface area contributed by atoms with Crippen LogP contribution in [-0.2, 0) is 0 Å². The van der Waals surface area contributed by atoms with E-state index in [1.54, 1.807) is 13.0 Å². The van der Waals surface area contributed by atoms with Crippen LogP contribution < -0.4 is 5.73 Å². The second-order valence-electron chi connectivity index (χ2n) is 2.30. The van der Waals surface area contributed by atoms with Crippen LogP contribution >= 0.6 is 0 Å². The summed E-state index contributed by atoms with van der Waals surface area (Å²) < 4.78 is 4.88. The first kappa shape index (κ1) is 7.81. The Balaban J connectivity index is 2.90. The Morgan fingerprint density at radius 1 is 1.73 bits per heavy atom. The van der Waals surface area contributed by atoms with Crippen LogP contribution in [0.3, 0.4) is 0 Å². The Labute approximate surface area is 63.6 Å². The summed E-state index contributed by atoms with van der Waals surface area (Å²) in [5.74, 6) is -0.656. The third-order valence-corrected chi connectivity index (χ3v) is 1.29. The molecule has 0 aromatic carbocycles. The van der Waals surface area contributed by atoms with Crippen LogP contribution in [0, 0.1) is 0 Å². The zero-order valence-electron chi connectivity index (χ0n) is 6.07. The molecule has 0 saturated carbocycles. The highest BCUT2D eigenvalue weighted by atomic mass is 16.4. The molecule has 1 unspecified atom stereocenters. The van der Waals surface area contributed by atoms with Gasteiger partial charge in [0.15, 0.2) is 0 Å². The number of carboxylic acids is 1. The fraction of sp³-hybridized carbons (Fsp3) is 0.286. The van der Waals surface area contributed by atoms with E-state index in [4.69, 9.17) is 15.3 Å². The van der Waals surface area contributed by atoms with Crippen LogP contribution in [0.15, 0.2) is 16.5 Å². The maximum absolute atomic E-state index is 10.3. The maximum atomic E-state index is 10.3. The van der Waals surface area contributed by atoms with E-state index in [9.17, 15) is 4.79 Å². The van der Waals surface area contributed by atoms with Crippen molar-refractivity contribution in [2.24, 2.45) is 5.73 Å². The third kappa shape index (κ3) is 1.59. The van der Waals surface area contributed by atoms with E-state index >= 15 is 0 Å². The summed E-state index contributed by atoms with van der Waals surface area (Å²) in [6, 6.07) is 2.69. The van der Waals surface area contributed by atoms with Gasteiger partial charge in [-0.2, -0.15) is 0 Å². The molecule has 0 aliphatic carbocycles. The van der Waals surface area contributed by atoms with Gasteiger partial charge >= 0.3 is 5.97 Å². The number of hydrogen-bond donors (Lipinski definition) is 2. The van der Waals surface area contributed by atoms with Gasteiger partial charge in [-0.15, -0.1) is 0 Å². The Morgan fingerprint density at radius 3 is 2.64 bits per heavy atom. The average molecular weight is 155 g/mol. The molecule has 11 heavy (non-hydrogen) atoms. The quantitative estimate of drug-likeness (QED) is 0.667. The van der Waals surface area contributed by atoms with Crippen molar-refractivity contribution in [1.29, 1.82) is 0 Å². The minimum atomic E-state index is -1.07. The summed E-state index contributed by atoms with van der Waals surface area (Å²) in [6.07, 6.45) is 0. The van der Waals surface area contributed by atoms with Gasteiger partial charge in [-0.05, 0) is 19.1 Å². The second-order valence-corrected chi connectivity index (χ2v) is 2.30. The summed E-state index contributed by atoms with van der Waals surface area (Å²) in [5, 5.41) is 8.45. The van der Waals surface area contributed by atoms with Crippen molar-refractivity contribution >= 4 is 5.97 Å². The van der Waals surface area contributed by atoms with Gasteiger partial charge < -0.3 is 15.3 Å². The Kier molecular flexibility index (Phi) is 1.96. The lowest BCUT2D eigenvalue weighted by Gasteiger charge is -1.97. The highest BCUT2D eigenvalue weighted by Gasteiger charge is 2.10. The van der Waals surface area contributed by atoms with Gasteiger partial charge in [0.05, 0.1) is 6.04 Å². The Morgan fingerprint density at radius 2 is 2.36 bits per heavy atom. The molecule has 0 radical (unpaired) electrons. The standard InChI is InChI=1S/C7H9NO3/c1-4(8)5-2-3-6(11-5)7(9)10/h2-4H,8H2,1H3,(H,9,10). The van der Waals surface area contributed by atoms with Crippen molar-refractivity contribution in [2.45, 2.75) is 13.0 Å². The minimum absolute atomic E-state index is 0.0719. The highest BCUT2D eigenvalue weighted by molar-refractivity contribution is 5.84. The topological polar surface area (TPSA) is 76.5 Å². The molecule has 0 aliphatic heterocycles. The smallest absolute Gasteiger partial charge is 0.371 e.